The molecule has 1 unspecified atom stereocenters. The zero-order valence-corrected chi connectivity index (χ0v) is 12.8. The zero-order chi connectivity index (χ0) is 13.1. The average Bonchev–Trinajstić information content (AvgIpc) is 2.34. The highest BCUT2D eigenvalue weighted by Gasteiger charge is 2.18. The third kappa shape index (κ3) is 2.79. The first-order valence-corrected chi connectivity index (χ1v) is 6.93. The summed E-state index contributed by atoms with van der Waals surface area (Å²) in [6.45, 7) is 0. The standard InChI is InChI=1S/C13H11Br2FN2/c1-17-13(10-4-5-18-7-12(10)16)9-3-2-8(14)6-11(9)15/h2-7,13,17H,1H3. The van der Waals surface area contributed by atoms with Gasteiger partial charge < -0.3 is 5.32 Å². The molecule has 0 aliphatic heterocycles. The van der Waals surface area contributed by atoms with Crippen LogP contribution in [0.1, 0.15) is 17.2 Å². The number of halogens is 3. The van der Waals surface area contributed by atoms with Gasteiger partial charge in [-0.15, -0.1) is 0 Å². The van der Waals surface area contributed by atoms with Crippen LogP contribution in [0.2, 0.25) is 0 Å². The van der Waals surface area contributed by atoms with Crippen LogP contribution in [-0.4, -0.2) is 12.0 Å². The molecule has 1 aromatic heterocycles. The van der Waals surface area contributed by atoms with Crippen LogP contribution in [0.25, 0.3) is 0 Å². The van der Waals surface area contributed by atoms with Crippen LogP contribution in [-0.2, 0) is 0 Å². The van der Waals surface area contributed by atoms with Crippen LogP contribution < -0.4 is 5.32 Å². The maximum Gasteiger partial charge on any atom is 0.146 e. The molecule has 1 heterocycles. The minimum absolute atomic E-state index is 0.213. The lowest BCUT2D eigenvalue weighted by Gasteiger charge is -2.19. The van der Waals surface area contributed by atoms with Gasteiger partial charge in [-0.05, 0) is 30.8 Å². The fourth-order valence-corrected chi connectivity index (χ4v) is 3.11. The van der Waals surface area contributed by atoms with E-state index in [1.807, 2.05) is 18.2 Å². The van der Waals surface area contributed by atoms with Gasteiger partial charge in [-0.1, -0.05) is 37.9 Å². The summed E-state index contributed by atoms with van der Waals surface area (Å²) in [7, 11) is 1.80. The van der Waals surface area contributed by atoms with Crippen LogP contribution in [0, 0.1) is 5.82 Å². The first kappa shape index (κ1) is 13.6. The summed E-state index contributed by atoms with van der Waals surface area (Å²) in [6.07, 6.45) is 2.82. The molecule has 0 aliphatic carbocycles. The fraction of sp³-hybridized carbons (Fsp3) is 0.154. The molecule has 0 spiro atoms. The molecule has 0 bridgehead atoms. The van der Waals surface area contributed by atoms with E-state index in [0.717, 1.165) is 14.5 Å². The second kappa shape index (κ2) is 5.91. The fourth-order valence-electron chi connectivity index (χ4n) is 1.83. The molecule has 0 fully saturated rings. The molecule has 0 radical (unpaired) electrons. The Morgan fingerprint density at radius 3 is 2.61 bits per heavy atom. The van der Waals surface area contributed by atoms with Crippen molar-refractivity contribution in [2.45, 2.75) is 6.04 Å². The lowest BCUT2D eigenvalue weighted by atomic mass is 9.99. The summed E-state index contributed by atoms with van der Waals surface area (Å²) in [5.41, 5.74) is 1.56. The Kier molecular flexibility index (Phi) is 4.48. The Morgan fingerprint density at radius 2 is 2.00 bits per heavy atom. The summed E-state index contributed by atoms with van der Waals surface area (Å²) in [4.78, 5) is 3.77. The van der Waals surface area contributed by atoms with E-state index in [9.17, 15) is 4.39 Å². The lowest BCUT2D eigenvalue weighted by molar-refractivity contribution is 0.570. The molecule has 2 nitrogen and oxygen atoms in total. The second-order valence-electron chi connectivity index (χ2n) is 3.78. The predicted octanol–water partition coefficient (Wildman–Crippen LogP) is 4.05. The van der Waals surface area contributed by atoms with Crippen LogP contribution in [0.15, 0.2) is 45.6 Å². The van der Waals surface area contributed by atoms with Crippen molar-refractivity contribution >= 4 is 31.9 Å². The summed E-state index contributed by atoms with van der Waals surface area (Å²) in [6, 6.07) is 7.30. The molecular formula is C13H11Br2FN2. The van der Waals surface area contributed by atoms with E-state index < -0.39 is 0 Å². The predicted molar refractivity (Wildman–Crippen MR) is 76.9 cm³/mol. The molecule has 1 aromatic carbocycles. The maximum absolute atomic E-state index is 13.8. The van der Waals surface area contributed by atoms with Crippen LogP contribution >= 0.6 is 31.9 Å². The van der Waals surface area contributed by atoms with Gasteiger partial charge in [0.15, 0.2) is 0 Å². The Bertz CT molecular complexity index is 560. The molecule has 0 aliphatic rings. The highest BCUT2D eigenvalue weighted by molar-refractivity contribution is 9.11. The van der Waals surface area contributed by atoms with Crippen molar-refractivity contribution in [2.75, 3.05) is 7.05 Å². The van der Waals surface area contributed by atoms with E-state index >= 15 is 0 Å². The van der Waals surface area contributed by atoms with E-state index in [1.54, 1.807) is 19.3 Å². The molecular weight excluding hydrogens is 363 g/mol. The number of benzene rings is 1. The van der Waals surface area contributed by atoms with E-state index in [4.69, 9.17) is 0 Å². The molecule has 0 saturated carbocycles. The number of pyridine rings is 1. The second-order valence-corrected chi connectivity index (χ2v) is 5.55. The minimum atomic E-state index is -0.313. The highest BCUT2D eigenvalue weighted by atomic mass is 79.9. The zero-order valence-electron chi connectivity index (χ0n) is 9.62. The number of nitrogens with zero attached hydrogens (tertiary/aromatic N) is 1. The minimum Gasteiger partial charge on any atom is -0.309 e. The Morgan fingerprint density at radius 1 is 1.22 bits per heavy atom. The largest absolute Gasteiger partial charge is 0.309 e. The Hall–Kier alpha value is -0.780. The van der Waals surface area contributed by atoms with Gasteiger partial charge in [-0.3, -0.25) is 4.98 Å². The SMILES string of the molecule is CNC(c1ccncc1F)c1ccc(Br)cc1Br. The molecule has 1 atom stereocenters. The third-order valence-electron chi connectivity index (χ3n) is 2.68. The molecule has 18 heavy (non-hydrogen) atoms. The van der Waals surface area contributed by atoms with Gasteiger partial charge in [0.1, 0.15) is 5.82 Å². The molecule has 0 saturated heterocycles. The van der Waals surface area contributed by atoms with E-state index in [0.29, 0.717) is 5.56 Å². The summed E-state index contributed by atoms with van der Waals surface area (Å²) in [5, 5.41) is 3.12. The average molecular weight is 374 g/mol. The van der Waals surface area contributed by atoms with Crippen molar-refractivity contribution in [1.82, 2.24) is 10.3 Å². The molecule has 1 N–H and O–H groups in total. The maximum atomic E-state index is 13.8. The number of hydrogen-bond donors (Lipinski definition) is 1. The third-order valence-corrected chi connectivity index (χ3v) is 3.86. The van der Waals surface area contributed by atoms with Crippen molar-refractivity contribution in [3.63, 3.8) is 0 Å². The van der Waals surface area contributed by atoms with Crippen LogP contribution in [0.4, 0.5) is 4.39 Å². The highest BCUT2D eigenvalue weighted by Crippen LogP contribution is 2.31. The first-order chi connectivity index (χ1) is 8.63. The summed E-state index contributed by atoms with van der Waals surface area (Å²) in [5.74, 6) is -0.313. The van der Waals surface area contributed by atoms with Gasteiger partial charge in [-0.2, -0.15) is 0 Å². The van der Waals surface area contributed by atoms with Gasteiger partial charge in [0.25, 0.3) is 0 Å². The van der Waals surface area contributed by atoms with Crippen molar-refractivity contribution in [3.8, 4) is 0 Å². The van der Waals surface area contributed by atoms with Crippen LogP contribution in [0.5, 0.6) is 0 Å². The smallest absolute Gasteiger partial charge is 0.146 e. The van der Waals surface area contributed by atoms with E-state index in [-0.39, 0.29) is 11.9 Å². The number of aromatic nitrogens is 1. The molecule has 2 aromatic rings. The van der Waals surface area contributed by atoms with E-state index in [1.165, 1.54) is 6.20 Å². The van der Waals surface area contributed by atoms with Crippen molar-refractivity contribution in [3.05, 3.63) is 62.5 Å². The number of rotatable bonds is 3. The van der Waals surface area contributed by atoms with Crippen molar-refractivity contribution < 1.29 is 4.39 Å². The summed E-state index contributed by atoms with van der Waals surface area (Å²) < 4.78 is 15.7. The van der Waals surface area contributed by atoms with Crippen LogP contribution in [0.3, 0.4) is 0 Å². The summed E-state index contributed by atoms with van der Waals surface area (Å²) >= 11 is 6.91. The quantitative estimate of drug-likeness (QED) is 0.877. The monoisotopic (exact) mass is 372 g/mol. The molecule has 0 amide bonds. The first-order valence-electron chi connectivity index (χ1n) is 5.35. The van der Waals surface area contributed by atoms with Gasteiger partial charge in [-0.25, -0.2) is 4.39 Å². The van der Waals surface area contributed by atoms with Crippen molar-refractivity contribution in [1.29, 1.82) is 0 Å². The van der Waals surface area contributed by atoms with Gasteiger partial charge >= 0.3 is 0 Å². The van der Waals surface area contributed by atoms with Gasteiger partial charge in [0.2, 0.25) is 0 Å². The topological polar surface area (TPSA) is 24.9 Å². The lowest BCUT2D eigenvalue weighted by Crippen LogP contribution is -2.19. The Balaban J connectivity index is 2.49. The molecule has 94 valence electrons. The normalized spacial score (nSPS) is 12.4. The number of hydrogen-bond acceptors (Lipinski definition) is 2. The number of nitrogens with one attached hydrogen (secondary N) is 1. The van der Waals surface area contributed by atoms with Crippen molar-refractivity contribution in [2.24, 2.45) is 0 Å². The van der Waals surface area contributed by atoms with E-state index in [2.05, 4.69) is 42.2 Å². The molecule has 5 heteroatoms. The Labute approximate surface area is 122 Å². The van der Waals surface area contributed by atoms with Gasteiger partial charge in [0, 0.05) is 20.7 Å². The van der Waals surface area contributed by atoms with Gasteiger partial charge in [0.05, 0.1) is 12.2 Å². The molecule has 2 rings (SSSR count).